The molecule has 0 amide bonds. The quantitative estimate of drug-likeness (QED) is 0.172. The molecule has 2 aliphatic heterocycles. The predicted octanol–water partition coefficient (Wildman–Crippen LogP) is 8.59. The molecule has 0 saturated carbocycles. The van der Waals surface area contributed by atoms with Crippen molar-refractivity contribution in [2.75, 3.05) is 0 Å². The maximum absolute atomic E-state index is 10.0. The maximum Gasteiger partial charge on any atom is 0.495 e. The summed E-state index contributed by atoms with van der Waals surface area (Å²) < 4.78 is 28.9. The Hall–Kier alpha value is -4.64. The summed E-state index contributed by atoms with van der Waals surface area (Å²) in [5.41, 5.74) is 7.69. The summed E-state index contributed by atoms with van der Waals surface area (Å²) >= 11 is 0. The number of hydrogen-bond acceptors (Lipinski definition) is 5. The first kappa shape index (κ1) is 33.5. The molecule has 0 bridgehead atoms. The average Bonchev–Trinajstić information content (AvgIpc) is 3.64. The Balaban J connectivity index is 1.46. The molecule has 2 saturated heterocycles. The van der Waals surface area contributed by atoms with Crippen LogP contribution in [0, 0.1) is 11.3 Å². The van der Waals surface area contributed by atoms with Gasteiger partial charge >= 0.3 is 14.2 Å². The van der Waals surface area contributed by atoms with Crippen LogP contribution >= 0.6 is 0 Å². The van der Waals surface area contributed by atoms with Crippen molar-refractivity contribution in [3.63, 3.8) is 0 Å². The monoisotopic (exact) mass is 672 g/mol. The molecule has 8 heteroatoms. The third kappa shape index (κ3) is 5.34. The van der Waals surface area contributed by atoms with Gasteiger partial charge in [-0.05, 0) is 125 Å². The number of nitrogens with zero attached hydrogens (tertiary/aromatic N) is 2. The maximum atomic E-state index is 10.0. The van der Waals surface area contributed by atoms with Crippen LogP contribution in [0.5, 0.6) is 0 Å². The minimum Gasteiger partial charge on any atom is -0.399 e. The van der Waals surface area contributed by atoms with Crippen molar-refractivity contribution in [3.8, 4) is 34.0 Å². The van der Waals surface area contributed by atoms with Crippen molar-refractivity contribution in [3.05, 3.63) is 115 Å². The fraction of sp³-hybridized carbons (Fsp3) is 0.279. The molecule has 0 atom stereocenters. The van der Waals surface area contributed by atoms with E-state index in [9.17, 15) is 5.26 Å². The second-order valence-electron chi connectivity index (χ2n) is 15.8. The van der Waals surface area contributed by atoms with Gasteiger partial charge in [-0.2, -0.15) is 5.26 Å². The van der Waals surface area contributed by atoms with Gasteiger partial charge in [0.1, 0.15) is 0 Å². The highest BCUT2D eigenvalue weighted by Crippen LogP contribution is 2.43. The van der Waals surface area contributed by atoms with Crippen molar-refractivity contribution in [1.29, 1.82) is 5.26 Å². The first-order valence-corrected chi connectivity index (χ1v) is 17.7. The lowest BCUT2D eigenvalue weighted by Crippen LogP contribution is -2.41. The Bertz CT molecular complexity index is 2340. The Morgan fingerprint density at radius 3 is 1.61 bits per heavy atom. The third-order valence-electron chi connectivity index (χ3n) is 11.5. The van der Waals surface area contributed by atoms with E-state index in [1.54, 1.807) is 0 Å². The lowest BCUT2D eigenvalue weighted by atomic mass is 9.72. The Morgan fingerprint density at radius 1 is 0.529 bits per heavy atom. The normalized spacial score (nSPS) is 18.8. The summed E-state index contributed by atoms with van der Waals surface area (Å²) in [5.74, 6) is 0. The van der Waals surface area contributed by atoms with Gasteiger partial charge in [0.05, 0.1) is 45.1 Å². The van der Waals surface area contributed by atoms with Crippen molar-refractivity contribution in [2.24, 2.45) is 0 Å². The minimum atomic E-state index is -0.568. The molecule has 6 aromatic rings. The lowest BCUT2D eigenvalue weighted by molar-refractivity contribution is 0.00578. The van der Waals surface area contributed by atoms with Gasteiger partial charge in [0.25, 0.3) is 0 Å². The number of aromatic nitrogens is 1. The average molecular weight is 672 g/mol. The molecule has 2 fully saturated rings. The smallest absolute Gasteiger partial charge is 0.399 e. The second-order valence-corrected chi connectivity index (χ2v) is 15.8. The van der Waals surface area contributed by atoms with Crippen LogP contribution in [0.2, 0.25) is 0 Å². The van der Waals surface area contributed by atoms with Crippen LogP contribution in [0.3, 0.4) is 0 Å². The summed E-state index contributed by atoms with van der Waals surface area (Å²) in [5, 5.41) is 12.1. The number of para-hydroxylation sites is 1. The molecule has 0 radical (unpaired) electrons. The van der Waals surface area contributed by atoms with Gasteiger partial charge in [-0.3, -0.25) is 0 Å². The molecule has 51 heavy (non-hydrogen) atoms. The van der Waals surface area contributed by atoms with E-state index in [0.717, 1.165) is 60.7 Å². The van der Waals surface area contributed by atoms with Gasteiger partial charge in [0.15, 0.2) is 0 Å². The Kier molecular flexibility index (Phi) is 7.68. The van der Waals surface area contributed by atoms with Crippen LogP contribution in [-0.2, 0) is 18.6 Å². The SMILES string of the molecule is CC1(C)OB(c2ccccc2-c2cc(-c3ccccc3B3OC(C)(C)C(C)(C)O3)c3c(c2)c2cc(C#N)ccc2n3-c2ccccc2)OC1(C)C. The number of benzene rings is 5. The zero-order chi connectivity index (χ0) is 35.9. The Morgan fingerprint density at radius 2 is 1.04 bits per heavy atom. The van der Waals surface area contributed by atoms with Gasteiger partial charge in [0.2, 0.25) is 0 Å². The van der Waals surface area contributed by atoms with E-state index in [4.69, 9.17) is 18.6 Å². The molecule has 8 rings (SSSR count). The van der Waals surface area contributed by atoms with E-state index in [1.165, 1.54) is 0 Å². The van der Waals surface area contributed by atoms with Crippen molar-refractivity contribution in [2.45, 2.75) is 77.8 Å². The molecule has 0 aliphatic carbocycles. The number of hydrogen-bond donors (Lipinski definition) is 0. The topological polar surface area (TPSA) is 65.6 Å². The number of fused-ring (bicyclic) bond motifs is 3. The fourth-order valence-electron chi connectivity index (χ4n) is 7.28. The standard InChI is InChI=1S/C43H42B2N2O4/c1-40(2)41(3,4)49-44(48-40)36-20-14-12-18-31(36)29-25-34(32-19-13-15-21-37(32)45-50-42(5,6)43(7,8)51-45)39-35(26-29)33-24-28(27-46)22-23-38(33)47(39)30-16-10-9-11-17-30/h9-26H,1-8H3. The van der Waals surface area contributed by atoms with Crippen LogP contribution in [-0.4, -0.2) is 41.2 Å². The van der Waals surface area contributed by atoms with Crippen molar-refractivity contribution < 1.29 is 18.6 Å². The van der Waals surface area contributed by atoms with Crippen molar-refractivity contribution >= 4 is 47.0 Å². The highest BCUT2D eigenvalue weighted by molar-refractivity contribution is 6.64. The molecule has 2 aliphatic rings. The first-order valence-electron chi connectivity index (χ1n) is 17.7. The van der Waals surface area contributed by atoms with Crippen LogP contribution in [0.4, 0.5) is 0 Å². The fourth-order valence-corrected chi connectivity index (χ4v) is 7.28. The van der Waals surface area contributed by atoms with E-state index in [2.05, 4.69) is 145 Å². The van der Waals surface area contributed by atoms with Gasteiger partial charge in [0, 0.05) is 22.0 Å². The molecular weight excluding hydrogens is 630 g/mol. The molecule has 1 aromatic heterocycles. The summed E-state index contributed by atoms with van der Waals surface area (Å²) in [6.45, 7) is 16.7. The summed E-state index contributed by atoms with van der Waals surface area (Å²) in [4.78, 5) is 0. The zero-order valence-corrected chi connectivity index (χ0v) is 30.6. The van der Waals surface area contributed by atoms with Gasteiger partial charge in [-0.15, -0.1) is 0 Å². The van der Waals surface area contributed by atoms with Crippen LogP contribution in [0.25, 0.3) is 49.7 Å². The van der Waals surface area contributed by atoms with E-state index in [1.807, 2.05) is 30.3 Å². The third-order valence-corrected chi connectivity index (χ3v) is 11.5. The van der Waals surface area contributed by atoms with Gasteiger partial charge in [-0.1, -0.05) is 66.7 Å². The van der Waals surface area contributed by atoms with E-state index in [-0.39, 0.29) is 0 Å². The summed E-state index contributed by atoms with van der Waals surface area (Å²) in [7, 11) is -1.11. The summed E-state index contributed by atoms with van der Waals surface area (Å²) in [6, 6.07) is 40.0. The molecule has 0 spiro atoms. The molecule has 3 heterocycles. The van der Waals surface area contributed by atoms with Crippen LogP contribution < -0.4 is 10.9 Å². The predicted molar refractivity (Wildman–Crippen MR) is 208 cm³/mol. The summed E-state index contributed by atoms with van der Waals surface area (Å²) in [6.07, 6.45) is 0. The van der Waals surface area contributed by atoms with Crippen LogP contribution in [0.1, 0.15) is 61.0 Å². The first-order chi connectivity index (χ1) is 24.2. The van der Waals surface area contributed by atoms with E-state index >= 15 is 0 Å². The minimum absolute atomic E-state index is 0.488. The number of rotatable bonds is 5. The number of nitriles is 1. The zero-order valence-electron chi connectivity index (χ0n) is 30.6. The largest absolute Gasteiger partial charge is 0.495 e. The highest BCUT2D eigenvalue weighted by atomic mass is 16.7. The van der Waals surface area contributed by atoms with E-state index in [0.29, 0.717) is 5.56 Å². The second kappa shape index (κ2) is 11.7. The van der Waals surface area contributed by atoms with Crippen molar-refractivity contribution in [1.82, 2.24) is 4.57 Å². The van der Waals surface area contributed by atoms with Gasteiger partial charge in [-0.25, -0.2) is 0 Å². The van der Waals surface area contributed by atoms with Crippen LogP contribution in [0.15, 0.2) is 109 Å². The molecule has 254 valence electrons. The molecular formula is C43H42B2N2O4. The van der Waals surface area contributed by atoms with Gasteiger partial charge < -0.3 is 23.2 Å². The molecule has 5 aromatic carbocycles. The molecule has 6 nitrogen and oxygen atoms in total. The lowest BCUT2D eigenvalue weighted by Gasteiger charge is -2.32. The molecule has 0 N–H and O–H groups in total. The highest BCUT2D eigenvalue weighted by Gasteiger charge is 2.53. The Labute approximate surface area is 301 Å². The molecule has 0 unspecified atom stereocenters. The van der Waals surface area contributed by atoms with E-state index < -0.39 is 36.6 Å².